The Kier molecular flexibility index (Phi) is 1.29. The molecule has 2 aliphatic rings. The van der Waals surface area contributed by atoms with E-state index in [4.69, 9.17) is 10.1 Å². The third-order valence-corrected chi connectivity index (χ3v) is 2.30. The summed E-state index contributed by atoms with van der Waals surface area (Å²) in [6, 6.07) is 0.922. The summed E-state index contributed by atoms with van der Waals surface area (Å²) in [6.45, 7) is 1.78. The van der Waals surface area contributed by atoms with Crippen LogP contribution in [0.25, 0.3) is 0 Å². The fourth-order valence-corrected chi connectivity index (χ4v) is 1.70. The molecule has 1 N–H and O–H groups in total. The number of hydrogen-bond donors (Lipinski definition) is 1. The first-order valence-corrected chi connectivity index (χ1v) is 3.86. The molecule has 0 aromatic heterocycles. The van der Waals surface area contributed by atoms with Gasteiger partial charge in [0.05, 0.1) is 6.04 Å². The van der Waals surface area contributed by atoms with Crippen LogP contribution < -0.4 is 0 Å². The maximum Gasteiger partial charge on any atom is 0.284 e. The van der Waals surface area contributed by atoms with Crippen molar-refractivity contribution in [2.45, 2.75) is 25.3 Å². The Morgan fingerprint density at radius 1 is 1.50 bits per heavy atom. The molecule has 2 rings (SSSR count). The lowest BCUT2D eigenvalue weighted by Crippen LogP contribution is -2.37. The minimum Gasteiger partial charge on any atom is -0.463 e. The maximum absolute atomic E-state index is 7.38. The van der Waals surface area contributed by atoms with Gasteiger partial charge in [0.2, 0.25) is 0 Å². The second-order valence-electron chi connectivity index (χ2n) is 2.96. The molecule has 0 amide bonds. The number of amidine groups is 1. The lowest BCUT2D eigenvalue weighted by molar-refractivity contribution is 0.256. The predicted octanol–water partition coefficient (Wildman–Crippen LogP) is 0.806. The summed E-state index contributed by atoms with van der Waals surface area (Å²) < 4.78 is 5.11. The molecule has 2 fully saturated rings. The highest BCUT2D eigenvalue weighted by Gasteiger charge is 2.31. The standard InChI is InChI=1S/C7H12N2O/c8-7-9-4-2-1-3-6(9)5-10-7/h6,8H,1-5H2. The summed E-state index contributed by atoms with van der Waals surface area (Å²) >= 11 is 0. The van der Waals surface area contributed by atoms with Crippen LogP contribution in [0.2, 0.25) is 0 Å². The molecule has 0 aromatic carbocycles. The Morgan fingerprint density at radius 3 is 3.20 bits per heavy atom. The van der Waals surface area contributed by atoms with E-state index in [1.807, 2.05) is 0 Å². The van der Waals surface area contributed by atoms with Gasteiger partial charge in [-0.1, -0.05) is 0 Å². The van der Waals surface area contributed by atoms with Gasteiger partial charge in [0.25, 0.3) is 6.02 Å². The van der Waals surface area contributed by atoms with Crippen molar-refractivity contribution < 1.29 is 4.74 Å². The second kappa shape index (κ2) is 2.15. The summed E-state index contributed by atoms with van der Waals surface area (Å²) in [5, 5.41) is 7.38. The normalized spacial score (nSPS) is 31.8. The third-order valence-electron chi connectivity index (χ3n) is 2.30. The van der Waals surface area contributed by atoms with Gasteiger partial charge in [0.15, 0.2) is 0 Å². The molecule has 3 heteroatoms. The number of nitrogens with one attached hydrogen (secondary N) is 1. The molecule has 1 atom stereocenters. The van der Waals surface area contributed by atoms with Crippen LogP contribution in [0.15, 0.2) is 0 Å². The van der Waals surface area contributed by atoms with Crippen molar-refractivity contribution in [3.05, 3.63) is 0 Å². The molecule has 0 bridgehead atoms. The molecule has 0 aromatic rings. The van der Waals surface area contributed by atoms with Crippen molar-refractivity contribution in [2.75, 3.05) is 13.2 Å². The highest BCUT2D eigenvalue weighted by molar-refractivity contribution is 5.72. The van der Waals surface area contributed by atoms with Gasteiger partial charge < -0.3 is 9.64 Å². The van der Waals surface area contributed by atoms with Crippen molar-refractivity contribution in [3.63, 3.8) is 0 Å². The number of fused-ring (bicyclic) bond motifs is 1. The summed E-state index contributed by atoms with van der Waals surface area (Å²) in [7, 11) is 0. The van der Waals surface area contributed by atoms with Crippen LogP contribution in [-0.4, -0.2) is 30.1 Å². The fourth-order valence-electron chi connectivity index (χ4n) is 1.70. The zero-order valence-electron chi connectivity index (χ0n) is 5.97. The van der Waals surface area contributed by atoms with Crippen molar-refractivity contribution in [1.29, 1.82) is 5.41 Å². The van der Waals surface area contributed by atoms with E-state index in [1.54, 1.807) is 0 Å². The first-order valence-electron chi connectivity index (χ1n) is 3.86. The molecule has 2 aliphatic heterocycles. The number of rotatable bonds is 0. The zero-order valence-corrected chi connectivity index (χ0v) is 5.97. The largest absolute Gasteiger partial charge is 0.463 e. The molecule has 0 spiro atoms. The van der Waals surface area contributed by atoms with Crippen LogP contribution >= 0.6 is 0 Å². The summed E-state index contributed by atoms with van der Waals surface area (Å²) in [5.74, 6) is 0. The molecule has 1 unspecified atom stereocenters. The van der Waals surface area contributed by atoms with E-state index in [9.17, 15) is 0 Å². The number of piperidine rings is 1. The Balaban J connectivity index is 2.08. The molecular formula is C7H12N2O. The summed E-state index contributed by atoms with van der Waals surface area (Å²) in [6.07, 6.45) is 3.74. The van der Waals surface area contributed by atoms with E-state index in [0.717, 1.165) is 13.2 Å². The number of nitrogens with zero attached hydrogens (tertiary/aromatic N) is 1. The van der Waals surface area contributed by atoms with Crippen molar-refractivity contribution in [1.82, 2.24) is 4.90 Å². The minimum absolute atomic E-state index is 0.393. The van der Waals surface area contributed by atoms with E-state index in [-0.39, 0.29) is 0 Å². The van der Waals surface area contributed by atoms with E-state index in [1.165, 1.54) is 19.3 Å². The molecule has 56 valence electrons. The van der Waals surface area contributed by atoms with Crippen LogP contribution in [0.4, 0.5) is 0 Å². The average Bonchev–Trinajstić information content (AvgIpc) is 2.34. The Labute approximate surface area is 60.5 Å². The molecular weight excluding hydrogens is 128 g/mol. The topological polar surface area (TPSA) is 36.3 Å². The molecule has 0 saturated carbocycles. The lowest BCUT2D eigenvalue weighted by Gasteiger charge is -2.27. The van der Waals surface area contributed by atoms with Gasteiger partial charge in [-0.3, -0.25) is 5.41 Å². The van der Waals surface area contributed by atoms with Crippen LogP contribution in [-0.2, 0) is 4.74 Å². The summed E-state index contributed by atoms with van der Waals surface area (Å²) in [5.41, 5.74) is 0. The molecule has 0 radical (unpaired) electrons. The van der Waals surface area contributed by atoms with Crippen LogP contribution in [0.1, 0.15) is 19.3 Å². The maximum atomic E-state index is 7.38. The monoisotopic (exact) mass is 140 g/mol. The quantitative estimate of drug-likeness (QED) is 0.540. The van der Waals surface area contributed by atoms with Crippen molar-refractivity contribution in [2.24, 2.45) is 0 Å². The van der Waals surface area contributed by atoms with Crippen LogP contribution in [0.5, 0.6) is 0 Å². The smallest absolute Gasteiger partial charge is 0.284 e. The lowest BCUT2D eigenvalue weighted by atomic mass is 10.0. The van der Waals surface area contributed by atoms with Gasteiger partial charge in [-0.25, -0.2) is 0 Å². The third kappa shape index (κ3) is 0.770. The van der Waals surface area contributed by atoms with E-state index >= 15 is 0 Å². The molecule has 0 aliphatic carbocycles. The molecule has 2 heterocycles. The summed E-state index contributed by atoms with van der Waals surface area (Å²) in [4.78, 5) is 2.07. The number of ether oxygens (including phenoxy) is 1. The van der Waals surface area contributed by atoms with Gasteiger partial charge in [0, 0.05) is 6.54 Å². The number of hydrogen-bond acceptors (Lipinski definition) is 2. The first-order chi connectivity index (χ1) is 4.88. The van der Waals surface area contributed by atoms with E-state index in [2.05, 4.69) is 4.90 Å². The van der Waals surface area contributed by atoms with Gasteiger partial charge in [0.1, 0.15) is 6.61 Å². The Morgan fingerprint density at radius 2 is 2.40 bits per heavy atom. The Hall–Kier alpha value is -0.730. The van der Waals surface area contributed by atoms with E-state index < -0.39 is 0 Å². The van der Waals surface area contributed by atoms with Crippen molar-refractivity contribution >= 4 is 6.02 Å². The Bertz CT molecular complexity index is 158. The van der Waals surface area contributed by atoms with Gasteiger partial charge in [-0.2, -0.15) is 0 Å². The highest BCUT2D eigenvalue weighted by Crippen LogP contribution is 2.22. The predicted molar refractivity (Wildman–Crippen MR) is 38.0 cm³/mol. The van der Waals surface area contributed by atoms with Gasteiger partial charge in [-0.05, 0) is 19.3 Å². The van der Waals surface area contributed by atoms with Crippen molar-refractivity contribution in [3.8, 4) is 0 Å². The molecule has 3 nitrogen and oxygen atoms in total. The van der Waals surface area contributed by atoms with Gasteiger partial charge >= 0.3 is 0 Å². The SMILES string of the molecule is N=C1OCC2CCCCN12. The zero-order chi connectivity index (χ0) is 6.97. The molecule has 10 heavy (non-hydrogen) atoms. The minimum atomic E-state index is 0.393. The van der Waals surface area contributed by atoms with Crippen LogP contribution in [0, 0.1) is 5.41 Å². The van der Waals surface area contributed by atoms with Gasteiger partial charge in [-0.15, -0.1) is 0 Å². The van der Waals surface area contributed by atoms with Crippen LogP contribution in [0.3, 0.4) is 0 Å². The van der Waals surface area contributed by atoms with E-state index in [0.29, 0.717) is 12.1 Å². The highest BCUT2D eigenvalue weighted by atomic mass is 16.5. The average molecular weight is 140 g/mol. The first kappa shape index (κ1) is 6.01. The molecule has 2 saturated heterocycles. The second-order valence-corrected chi connectivity index (χ2v) is 2.96. The fraction of sp³-hybridized carbons (Fsp3) is 0.857.